The number of ether oxygens (including phenoxy) is 7. The molecule has 0 saturated heterocycles. The fourth-order valence-electron chi connectivity index (χ4n) is 15.4. The molecule has 0 aliphatic heterocycles. The van der Waals surface area contributed by atoms with Crippen LogP contribution >= 0.6 is 107 Å². The van der Waals surface area contributed by atoms with Gasteiger partial charge in [0.25, 0.3) is 0 Å². The number of hydrogen-bond acceptors (Lipinski definition) is 19. The van der Waals surface area contributed by atoms with Crippen molar-refractivity contribution in [3.8, 4) is 70.5 Å². The average Bonchev–Trinajstić information content (AvgIpc) is 1.59. The first-order chi connectivity index (χ1) is 60.4. The maximum atomic E-state index is 13.5. The quantitative estimate of drug-likeness (QED) is 0.0352. The Morgan fingerprint density at radius 3 is 0.782 bits per heavy atom. The molecule has 0 fully saturated rings. The van der Waals surface area contributed by atoms with Gasteiger partial charge in [0.05, 0.1) is 57.0 Å². The number of halogens is 1. The molecular formula is C104H125BrO11S8. The number of benzene rings is 5. The number of carbonyl (C=O) groups excluding carboxylic acids is 2. The Kier molecular flexibility index (Phi) is 38.6. The Balaban J connectivity index is 0.000000286. The summed E-state index contributed by atoms with van der Waals surface area (Å²) in [7, 11) is 2.79. The van der Waals surface area contributed by atoms with Crippen LogP contribution in [-0.4, -0.2) is 69.4 Å². The maximum absolute atomic E-state index is 13.5. The van der Waals surface area contributed by atoms with E-state index in [9.17, 15) is 19.8 Å². The molecule has 8 heterocycles. The van der Waals surface area contributed by atoms with Gasteiger partial charge in [-0.2, -0.15) is 0 Å². The second-order valence-corrected chi connectivity index (χ2v) is 41.1. The molecule has 662 valence electrons. The number of aliphatic hydroxyl groups is 2. The molecule has 5 unspecified atom stereocenters. The van der Waals surface area contributed by atoms with Gasteiger partial charge in [-0.3, -0.25) is 0 Å². The van der Waals surface area contributed by atoms with Gasteiger partial charge < -0.3 is 43.4 Å². The summed E-state index contributed by atoms with van der Waals surface area (Å²) < 4.78 is 46.7. The van der Waals surface area contributed by atoms with Gasteiger partial charge in [-0.15, -0.1) is 90.7 Å². The molecule has 20 heteroatoms. The molecule has 0 bridgehead atoms. The first kappa shape index (κ1) is 97.2. The SMILES string of the molecule is CCCCC(CC)COc1ccc(Br)cc1.CCCCC(CC)COc1ccc(C(O)(c2ccc(OCC(CC)CCCC)cc2)c2sccc2-c2cc3sc(-c4ccsc4C(O)(c4ccc(OCC(CC)CCCC)cc4)c4ccc(OCC(CC)CCCC)cc4)cc3s2)cc1.COC(=O)c1sccc1-c1cc2sc(-c3ccsc3C(=O)OC)cc2s1. The molecule has 8 aromatic heterocycles. The van der Waals surface area contributed by atoms with Crippen LogP contribution in [0.3, 0.4) is 0 Å². The van der Waals surface area contributed by atoms with E-state index in [0.29, 0.717) is 65.8 Å². The normalized spacial score (nSPS) is 13.6. The van der Waals surface area contributed by atoms with Crippen LogP contribution in [0.4, 0.5) is 0 Å². The standard InChI is InChI=1S/C72H92O6S4.C18H12O4S4.C14H21BrO/c1-9-17-21-51(13-5)47-75-59-33-25-55(26-34-59)71(73,56-27-35-60(36-28-56)76-48-52(14-6)22-18-10-2)69-63(41-43-79-69)65-45-67-68(81-65)46-66(82-67)64-42-44-80-70(64)72(74,57-29-37-61(38-30-57)77-49-53(15-7)23-19-11-3)58-31-39-62(40-32-58)78-50-54(16-8)24-20-12-4;1-21-17(19)15-9(3-5-23-15)11-7-13-14(25-11)8-12(26-13)10-4-6-24-16(10)18(20)22-2;1-3-5-6-12(4-2)11-16-14-9-7-13(15)8-10-14/h25-46,51-54,73-74H,9-24,47-50H2,1-8H3;3-8H,1-2H3;7-10,12H,3-6,11H2,1-2H3. The van der Waals surface area contributed by atoms with Gasteiger partial charge in [0.2, 0.25) is 0 Å². The van der Waals surface area contributed by atoms with Gasteiger partial charge in [-0.1, -0.05) is 230 Å². The van der Waals surface area contributed by atoms with E-state index in [1.165, 1.54) is 140 Å². The lowest BCUT2D eigenvalue weighted by molar-refractivity contribution is 0.0598. The molecule has 0 radical (unpaired) electrons. The van der Waals surface area contributed by atoms with E-state index in [1.807, 2.05) is 144 Å². The molecule has 13 aromatic rings. The molecule has 0 aliphatic rings. The summed E-state index contributed by atoms with van der Waals surface area (Å²) in [5.74, 6) is 6.36. The number of unbranched alkanes of at least 4 members (excludes halogenated alkanes) is 5. The third-order valence-electron chi connectivity index (χ3n) is 23.6. The number of fused-ring (bicyclic) bond motifs is 2. The van der Waals surface area contributed by atoms with Crippen molar-refractivity contribution in [2.75, 3.05) is 47.3 Å². The van der Waals surface area contributed by atoms with Crippen LogP contribution in [0.1, 0.15) is 249 Å². The minimum absolute atomic E-state index is 0.312. The van der Waals surface area contributed by atoms with Crippen molar-refractivity contribution < 1.29 is 53.0 Å². The largest absolute Gasteiger partial charge is 0.493 e. The zero-order valence-electron chi connectivity index (χ0n) is 74.3. The third-order valence-corrected chi connectivity index (χ3v) is 32.7. The number of esters is 2. The van der Waals surface area contributed by atoms with Crippen molar-refractivity contribution in [1.29, 1.82) is 0 Å². The predicted molar refractivity (Wildman–Crippen MR) is 533 cm³/mol. The minimum atomic E-state index is -1.47. The molecule has 0 saturated carbocycles. The lowest BCUT2D eigenvalue weighted by atomic mass is 9.83. The monoisotopic (exact) mass is 1880 g/mol. The van der Waals surface area contributed by atoms with Crippen molar-refractivity contribution >= 4 is 137 Å². The molecule has 5 aromatic carbocycles. The van der Waals surface area contributed by atoms with Crippen LogP contribution in [-0.2, 0) is 20.7 Å². The Labute approximate surface area is 777 Å². The van der Waals surface area contributed by atoms with Crippen LogP contribution in [0.25, 0.3) is 60.6 Å². The summed E-state index contributed by atoms with van der Waals surface area (Å²) in [5, 5.41) is 35.1. The highest BCUT2D eigenvalue weighted by Gasteiger charge is 2.40. The van der Waals surface area contributed by atoms with E-state index < -0.39 is 11.2 Å². The highest BCUT2D eigenvalue weighted by Crippen LogP contribution is 2.53. The van der Waals surface area contributed by atoms with E-state index in [-0.39, 0.29) is 11.9 Å². The molecule has 0 amide bonds. The van der Waals surface area contributed by atoms with Gasteiger partial charge >= 0.3 is 11.9 Å². The summed E-state index contributed by atoms with van der Waals surface area (Å²) in [5.41, 5.74) is 4.02. The molecule has 13 rings (SSSR count). The van der Waals surface area contributed by atoms with Crippen molar-refractivity contribution in [3.05, 3.63) is 238 Å². The summed E-state index contributed by atoms with van der Waals surface area (Å²) >= 11 is 16.1. The van der Waals surface area contributed by atoms with Crippen molar-refractivity contribution in [2.45, 2.75) is 209 Å². The van der Waals surface area contributed by atoms with Gasteiger partial charge in [-0.05, 0) is 227 Å². The van der Waals surface area contributed by atoms with Gasteiger partial charge in [0, 0.05) is 65.0 Å². The van der Waals surface area contributed by atoms with E-state index in [4.69, 9.17) is 33.2 Å². The molecular weight excluding hydrogens is 1760 g/mol. The Hall–Kier alpha value is -7.44. The number of thiophene rings is 8. The van der Waals surface area contributed by atoms with Crippen LogP contribution in [0.15, 0.2) is 196 Å². The highest BCUT2D eigenvalue weighted by molar-refractivity contribution is 9.10. The summed E-state index contributed by atoms with van der Waals surface area (Å²) in [6, 6.07) is 57.4. The first-order valence-corrected chi connectivity index (χ1v) is 52.3. The predicted octanol–water partition coefficient (Wildman–Crippen LogP) is 32.4. The van der Waals surface area contributed by atoms with E-state index in [1.54, 1.807) is 68.0 Å². The zero-order valence-corrected chi connectivity index (χ0v) is 82.4. The summed E-state index contributed by atoms with van der Waals surface area (Å²) in [6.07, 6.45) is 23.6. The molecule has 2 N–H and O–H groups in total. The van der Waals surface area contributed by atoms with Gasteiger partial charge in [0.15, 0.2) is 0 Å². The molecule has 0 aliphatic carbocycles. The average molecular weight is 1890 g/mol. The smallest absolute Gasteiger partial charge is 0.348 e. The second-order valence-electron chi connectivity index (χ2n) is 32.1. The van der Waals surface area contributed by atoms with Crippen molar-refractivity contribution in [2.24, 2.45) is 29.6 Å². The number of rotatable bonds is 47. The Morgan fingerprint density at radius 1 is 0.323 bits per heavy atom. The van der Waals surface area contributed by atoms with Gasteiger partial charge in [-0.25, -0.2) is 9.59 Å². The van der Waals surface area contributed by atoms with E-state index >= 15 is 0 Å². The third kappa shape index (κ3) is 25.3. The van der Waals surface area contributed by atoms with Crippen LogP contribution < -0.4 is 23.7 Å². The molecule has 11 nitrogen and oxygen atoms in total. The lowest BCUT2D eigenvalue weighted by Gasteiger charge is -2.30. The number of carbonyl (C=O) groups is 2. The fourth-order valence-corrected chi connectivity index (χ4v) is 24.6. The molecule has 0 spiro atoms. The minimum Gasteiger partial charge on any atom is -0.493 e. The Morgan fingerprint density at radius 2 is 0.548 bits per heavy atom. The van der Waals surface area contributed by atoms with E-state index in [2.05, 4.69) is 132 Å². The Bertz CT molecular complexity index is 4830. The molecule has 5 atom stereocenters. The highest BCUT2D eigenvalue weighted by atomic mass is 79.9. The van der Waals surface area contributed by atoms with Crippen LogP contribution in [0.2, 0.25) is 0 Å². The maximum Gasteiger partial charge on any atom is 0.348 e. The zero-order chi connectivity index (χ0) is 88.0. The van der Waals surface area contributed by atoms with Crippen molar-refractivity contribution in [1.82, 2.24) is 0 Å². The van der Waals surface area contributed by atoms with Crippen molar-refractivity contribution in [3.63, 3.8) is 0 Å². The van der Waals surface area contributed by atoms with Gasteiger partial charge in [0.1, 0.15) is 49.7 Å². The number of methoxy groups -OCH3 is 2. The summed E-state index contributed by atoms with van der Waals surface area (Å²) in [6.45, 7) is 26.0. The van der Waals surface area contributed by atoms with Crippen LogP contribution in [0, 0.1) is 29.6 Å². The first-order valence-electron chi connectivity index (χ1n) is 44.7. The molecule has 124 heavy (non-hydrogen) atoms. The fraction of sp³-hybridized carbons (Fsp3) is 0.423. The second kappa shape index (κ2) is 49.2. The summed E-state index contributed by atoms with van der Waals surface area (Å²) in [4.78, 5) is 31.1. The number of hydrogen-bond donors (Lipinski definition) is 2. The van der Waals surface area contributed by atoms with E-state index in [0.717, 1.165) is 158 Å². The lowest BCUT2D eigenvalue weighted by Crippen LogP contribution is -2.28. The topological polar surface area (TPSA) is 139 Å². The van der Waals surface area contributed by atoms with Crippen LogP contribution in [0.5, 0.6) is 28.7 Å².